The van der Waals surface area contributed by atoms with Gasteiger partial charge in [-0.1, -0.05) is 23.7 Å². The molecule has 2 aromatic carbocycles. The standard InChI is InChI=1S/C14H9ClN2O4/c15-7-3-1-2-6(4-7)13-16-8-5-9(18)11(19)12(20)10(8)14(21)17-13/h1-5,18-20H,(H,16,17,21). The molecule has 0 aliphatic heterocycles. The van der Waals surface area contributed by atoms with E-state index >= 15 is 0 Å². The van der Waals surface area contributed by atoms with Crippen LogP contribution in [0.1, 0.15) is 0 Å². The molecule has 0 atom stereocenters. The van der Waals surface area contributed by atoms with E-state index < -0.39 is 22.8 Å². The second-order valence-corrected chi connectivity index (χ2v) is 4.85. The van der Waals surface area contributed by atoms with Gasteiger partial charge in [-0.3, -0.25) is 4.79 Å². The summed E-state index contributed by atoms with van der Waals surface area (Å²) in [5.74, 6) is -1.80. The van der Waals surface area contributed by atoms with Gasteiger partial charge in [-0.2, -0.15) is 0 Å². The Kier molecular flexibility index (Phi) is 2.95. The summed E-state index contributed by atoms with van der Waals surface area (Å²) >= 11 is 5.89. The number of aromatic hydroxyl groups is 3. The van der Waals surface area contributed by atoms with Crippen LogP contribution in [0.25, 0.3) is 22.3 Å². The monoisotopic (exact) mass is 304 g/mol. The smallest absolute Gasteiger partial charge is 0.262 e. The van der Waals surface area contributed by atoms with Crippen molar-refractivity contribution in [2.24, 2.45) is 0 Å². The van der Waals surface area contributed by atoms with Gasteiger partial charge < -0.3 is 20.3 Å². The second-order valence-electron chi connectivity index (χ2n) is 4.41. The Balaban J connectivity index is 2.34. The summed E-state index contributed by atoms with van der Waals surface area (Å²) in [7, 11) is 0. The summed E-state index contributed by atoms with van der Waals surface area (Å²) in [6.07, 6.45) is 0. The average molecular weight is 305 g/mol. The first-order chi connectivity index (χ1) is 9.97. The van der Waals surface area contributed by atoms with Crippen molar-refractivity contribution < 1.29 is 15.3 Å². The van der Waals surface area contributed by atoms with E-state index in [9.17, 15) is 20.1 Å². The number of benzene rings is 2. The molecule has 0 spiro atoms. The SMILES string of the molecule is O=c1[nH]c(-c2cccc(Cl)c2)nc2cc(O)c(O)c(O)c12. The molecule has 0 fully saturated rings. The predicted octanol–water partition coefficient (Wildman–Crippen LogP) is 2.36. The van der Waals surface area contributed by atoms with Gasteiger partial charge in [0.2, 0.25) is 5.75 Å². The molecule has 6 nitrogen and oxygen atoms in total. The molecule has 0 bridgehead atoms. The maximum atomic E-state index is 12.1. The second kappa shape index (κ2) is 4.68. The van der Waals surface area contributed by atoms with Crippen LogP contribution in [0.2, 0.25) is 5.02 Å². The number of phenols is 3. The van der Waals surface area contributed by atoms with E-state index in [1.807, 2.05) is 0 Å². The maximum absolute atomic E-state index is 12.1. The number of hydrogen-bond acceptors (Lipinski definition) is 5. The van der Waals surface area contributed by atoms with Gasteiger partial charge >= 0.3 is 0 Å². The topological polar surface area (TPSA) is 106 Å². The Morgan fingerprint density at radius 3 is 2.57 bits per heavy atom. The van der Waals surface area contributed by atoms with Crippen LogP contribution in [-0.2, 0) is 0 Å². The van der Waals surface area contributed by atoms with E-state index in [0.717, 1.165) is 6.07 Å². The lowest BCUT2D eigenvalue weighted by Crippen LogP contribution is -2.09. The van der Waals surface area contributed by atoms with Crippen LogP contribution in [0.5, 0.6) is 17.2 Å². The van der Waals surface area contributed by atoms with Crippen molar-refractivity contribution in [1.29, 1.82) is 0 Å². The van der Waals surface area contributed by atoms with Crippen LogP contribution in [0.3, 0.4) is 0 Å². The number of H-pyrrole nitrogens is 1. The Bertz CT molecular complexity index is 921. The number of hydrogen-bond donors (Lipinski definition) is 4. The van der Waals surface area contributed by atoms with Crippen molar-refractivity contribution in [3.8, 4) is 28.6 Å². The lowest BCUT2D eigenvalue weighted by molar-refractivity contribution is 0.371. The molecule has 0 aliphatic rings. The van der Waals surface area contributed by atoms with Crippen LogP contribution in [-0.4, -0.2) is 25.3 Å². The van der Waals surface area contributed by atoms with Crippen molar-refractivity contribution in [2.45, 2.75) is 0 Å². The third kappa shape index (κ3) is 2.15. The van der Waals surface area contributed by atoms with Crippen LogP contribution < -0.4 is 5.56 Å². The molecule has 0 radical (unpaired) electrons. The molecule has 1 aromatic heterocycles. The summed E-state index contributed by atoms with van der Waals surface area (Å²) in [4.78, 5) is 18.7. The minimum atomic E-state index is -0.759. The lowest BCUT2D eigenvalue weighted by Gasteiger charge is -2.07. The zero-order valence-electron chi connectivity index (χ0n) is 10.5. The molecule has 3 rings (SSSR count). The van der Waals surface area contributed by atoms with Gasteiger partial charge in [-0.25, -0.2) is 4.98 Å². The van der Waals surface area contributed by atoms with Crippen molar-refractivity contribution in [3.63, 3.8) is 0 Å². The van der Waals surface area contributed by atoms with Gasteiger partial charge in [-0.05, 0) is 12.1 Å². The van der Waals surface area contributed by atoms with Gasteiger partial charge in [0.25, 0.3) is 5.56 Å². The van der Waals surface area contributed by atoms with Crippen LogP contribution >= 0.6 is 11.6 Å². The van der Waals surface area contributed by atoms with Crippen molar-refractivity contribution in [1.82, 2.24) is 9.97 Å². The number of phenolic OH excluding ortho intramolecular Hbond substituents is 3. The number of fused-ring (bicyclic) bond motifs is 1. The third-order valence-corrected chi connectivity index (χ3v) is 3.26. The molecule has 21 heavy (non-hydrogen) atoms. The molecule has 7 heteroatoms. The predicted molar refractivity (Wildman–Crippen MR) is 77.8 cm³/mol. The molecule has 0 unspecified atom stereocenters. The lowest BCUT2D eigenvalue weighted by atomic mass is 10.1. The molecule has 0 aliphatic carbocycles. The Morgan fingerprint density at radius 2 is 1.86 bits per heavy atom. The fourth-order valence-electron chi connectivity index (χ4n) is 2.03. The molecule has 3 aromatic rings. The zero-order chi connectivity index (χ0) is 15.1. The van der Waals surface area contributed by atoms with Crippen molar-refractivity contribution in [3.05, 3.63) is 45.7 Å². The number of rotatable bonds is 1. The van der Waals surface area contributed by atoms with Crippen LogP contribution in [0, 0.1) is 0 Å². The number of aromatic nitrogens is 2. The summed E-state index contributed by atoms with van der Waals surface area (Å²) in [6, 6.07) is 7.81. The fraction of sp³-hybridized carbons (Fsp3) is 0. The summed E-state index contributed by atoms with van der Waals surface area (Å²) in [5.41, 5.74) is -0.00199. The quantitative estimate of drug-likeness (QED) is 0.516. The van der Waals surface area contributed by atoms with Gasteiger partial charge in [0, 0.05) is 16.7 Å². The molecule has 0 saturated carbocycles. The first kappa shape index (κ1) is 13.3. The van der Waals surface area contributed by atoms with Gasteiger partial charge in [-0.15, -0.1) is 0 Å². The highest BCUT2D eigenvalue weighted by Crippen LogP contribution is 2.39. The number of aromatic amines is 1. The Labute approximate surface area is 122 Å². The molecular weight excluding hydrogens is 296 g/mol. The normalized spacial score (nSPS) is 10.9. The largest absolute Gasteiger partial charge is 0.504 e. The first-order valence-corrected chi connectivity index (χ1v) is 6.29. The highest BCUT2D eigenvalue weighted by Gasteiger charge is 2.16. The van der Waals surface area contributed by atoms with Gasteiger partial charge in [0.15, 0.2) is 11.5 Å². The molecule has 1 heterocycles. The number of halogens is 1. The number of nitrogens with zero attached hydrogens (tertiary/aromatic N) is 1. The highest BCUT2D eigenvalue weighted by molar-refractivity contribution is 6.30. The molecule has 0 amide bonds. The highest BCUT2D eigenvalue weighted by atomic mass is 35.5. The first-order valence-electron chi connectivity index (χ1n) is 5.91. The molecule has 0 saturated heterocycles. The molecular formula is C14H9ClN2O4. The summed E-state index contributed by atoms with van der Waals surface area (Å²) in [5, 5.41) is 29.0. The minimum Gasteiger partial charge on any atom is -0.504 e. The summed E-state index contributed by atoms with van der Waals surface area (Å²) in [6.45, 7) is 0. The van der Waals surface area contributed by atoms with Gasteiger partial charge in [0.1, 0.15) is 11.2 Å². The average Bonchev–Trinajstić information content (AvgIpc) is 2.44. The summed E-state index contributed by atoms with van der Waals surface area (Å²) < 4.78 is 0. The van der Waals surface area contributed by atoms with E-state index in [4.69, 9.17) is 11.6 Å². The maximum Gasteiger partial charge on any atom is 0.262 e. The third-order valence-electron chi connectivity index (χ3n) is 3.02. The van der Waals surface area contributed by atoms with Crippen LogP contribution in [0.4, 0.5) is 0 Å². The van der Waals surface area contributed by atoms with E-state index in [-0.39, 0.29) is 16.7 Å². The van der Waals surface area contributed by atoms with Crippen molar-refractivity contribution >= 4 is 22.5 Å². The Hall–Kier alpha value is -2.73. The van der Waals surface area contributed by atoms with E-state index in [0.29, 0.717) is 10.6 Å². The minimum absolute atomic E-state index is 0.0570. The molecule has 106 valence electrons. The van der Waals surface area contributed by atoms with Crippen molar-refractivity contribution in [2.75, 3.05) is 0 Å². The Morgan fingerprint density at radius 1 is 1.10 bits per heavy atom. The number of nitrogens with one attached hydrogen (secondary N) is 1. The van der Waals surface area contributed by atoms with Crippen LogP contribution in [0.15, 0.2) is 35.1 Å². The molecule has 4 N–H and O–H groups in total. The zero-order valence-corrected chi connectivity index (χ0v) is 11.2. The van der Waals surface area contributed by atoms with Gasteiger partial charge in [0.05, 0.1) is 5.52 Å². The fourth-order valence-corrected chi connectivity index (χ4v) is 2.22. The van der Waals surface area contributed by atoms with E-state index in [1.54, 1.807) is 24.3 Å². The van der Waals surface area contributed by atoms with E-state index in [1.165, 1.54) is 0 Å². The van der Waals surface area contributed by atoms with E-state index in [2.05, 4.69) is 9.97 Å².